The molecule has 2 N–H and O–H groups in total. The Hall–Kier alpha value is -2.82. The van der Waals surface area contributed by atoms with E-state index in [0.717, 1.165) is 24.2 Å². The van der Waals surface area contributed by atoms with Crippen LogP contribution in [0.2, 0.25) is 0 Å². The molecule has 1 aliphatic heterocycles. The van der Waals surface area contributed by atoms with Gasteiger partial charge in [0.15, 0.2) is 0 Å². The van der Waals surface area contributed by atoms with Crippen LogP contribution in [-0.2, 0) is 11.3 Å². The van der Waals surface area contributed by atoms with Gasteiger partial charge in [-0.1, -0.05) is 29.8 Å². The number of aryl methyl sites for hydroxylation is 1. The third-order valence-corrected chi connectivity index (χ3v) is 4.90. The summed E-state index contributed by atoms with van der Waals surface area (Å²) in [6.45, 7) is 6.31. The van der Waals surface area contributed by atoms with E-state index in [1.807, 2.05) is 37.3 Å². The summed E-state index contributed by atoms with van der Waals surface area (Å²) in [6.07, 6.45) is 2.51. The van der Waals surface area contributed by atoms with Crippen molar-refractivity contribution >= 4 is 17.5 Å². The predicted octanol–water partition coefficient (Wildman–Crippen LogP) is 3.03. The fourth-order valence-corrected chi connectivity index (χ4v) is 3.27. The minimum absolute atomic E-state index is 0.195. The molecule has 0 saturated carbocycles. The smallest absolute Gasteiger partial charge is 0.251 e. The van der Waals surface area contributed by atoms with Crippen molar-refractivity contribution in [2.24, 2.45) is 0 Å². The van der Waals surface area contributed by atoms with Crippen LogP contribution in [0.4, 0.5) is 5.69 Å². The molecule has 2 amide bonds. The van der Waals surface area contributed by atoms with Gasteiger partial charge in [0.2, 0.25) is 5.91 Å². The van der Waals surface area contributed by atoms with E-state index in [2.05, 4.69) is 27.7 Å². The zero-order chi connectivity index (χ0) is 19.2. The van der Waals surface area contributed by atoms with Crippen LogP contribution >= 0.6 is 0 Å². The summed E-state index contributed by atoms with van der Waals surface area (Å²) in [5, 5.41) is 5.64. The molecule has 1 unspecified atom stereocenters. The lowest BCUT2D eigenvalue weighted by atomic mass is 10.1. The topological polar surface area (TPSA) is 61.4 Å². The third-order valence-electron chi connectivity index (χ3n) is 4.90. The fourth-order valence-electron chi connectivity index (χ4n) is 3.27. The minimum atomic E-state index is -0.595. The van der Waals surface area contributed by atoms with Crippen molar-refractivity contribution in [3.63, 3.8) is 0 Å². The Kier molecular flexibility index (Phi) is 6.12. The van der Waals surface area contributed by atoms with Gasteiger partial charge < -0.3 is 15.5 Å². The Bertz CT molecular complexity index is 795. The van der Waals surface area contributed by atoms with Gasteiger partial charge in [0.25, 0.3) is 5.91 Å². The van der Waals surface area contributed by atoms with E-state index in [1.54, 1.807) is 13.0 Å². The van der Waals surface area contributed by atoms with Crippen LogP contribution in [0.25, 0.3) is 0 Å². The molecular formula is C22H27N3O2. The maximum absolute atomic E-state index is 12.3. The van der Waals surface area contributed by atoms with Crippen molar-refractivity contribution < 1.29 is 9.59 Å². The summed E-state index contributed by atoms with van der Waals surface area (Å²) in [6, 6.07) is 15.0. The van der Waals surface area contributed by atoms with Gasteiger partial charge in [-0.25, -0.2) is 0 Å². The number of hydrogen-bond acceptors (Lipinski definition) is 3. The van der Waals surface area contributed by atoms with Gasteiger partial charge in [-0.15, -0.1) is 0 Å². The van der Waals surface area contributed by atoms with E-state index in [1.165, 1.54) is 18.5 Å². The number of benzene rings is 2. The second kappa shape index (κ2) is 8.71. The maximum Gasteiger partial charge on any atom is 0.251 e. The monoisotopic (exact) mass is 365 g/mol. The van der Waals surface area contributed by atoms with E-state index in [-0.39, 0.29) is 11.8 Å². The largest absolute Gasteiger partial charge is 0.372 e. The first-order valence-corrected chi connectivity index (χ1v) is 9.52. The summed E-state index contributed by atoms with van der Waals surface area (Å²) in [5.41, 5.74) is 3.86. The molecule has 27 heavy (non-hydrogen) atoms. The number of hydrogen-bond donors (Lipinski definition) is 2. The van der Waals surface area contributed by atoms with Crippen LogP contribution < -0.4 is 15.5 Å². The number of amides is 2. The maximum atomic E-state index is 12.3. The molecule has 0 spiro atoms. The van der Waals surface area contributed by atoms with Gasteiger partial charge in [-0.05, 0) is 56.5 Å². The van der Waals surface area contributed by atoms with Crippen molar-refractivity contribution in [3.8, 4) is 0 Å². The molecule has 1 atom stereocenters. The van der Waals surface area contributed by atoms with Crippen LogP contribution in [0.1, 0.15) is 41.3 Å². The molecule has 0 radical (unpaired) electrons. The number of rotatable bonds is 6. The van der Waals surface area contributed by atoms with E-state index >= 15 is 0 Å². The molecule has 5 nitrogen and oxygen atoms in total. The molecule has 0 bridgehead atoms. The molecule has 0 aromatic heterocycles. The lowest BCUT2D eigenvalue weighted by Gasteiger charge is -2.18. The normalized spacial score (nSPS) is 14.7. The minimum Gasteiger partial charge on any atom is -0.372 e. The quantitative estimate of drug-likeness (QED) is 0.827. The summed E-state index contributed by atoms with van der Waals surface area (Å²) >= 11 is 0. The van der Waals surface area contributed by atoms with Crippen LogP contribution in [0, 0.1) is 6.92 Å². The van der Waals surface area contributed by atoms with Crippen molar-refractivity contribution in [2.75, 3.05) is 18.0 Å². The Morgan fingerprint density at radius 3 is 2.44 bits per heavy atom. The van der Waals surface area contributed by atoms with Gasteiger partial charge in [0, 0.05) is 30.9 Å². The van der Waals surface area contributed by atoms with Gasteiger partial charge in [0.05, 0.1) is 0 Å². The van der Waals surface area contributed by atoms with Crippen molar-refractivity contribution in [2.45, 2.75) is 39.3 Å². The van der Waals surface area contributed by atoms with Gasteiger partial charge in [-0.3, -0.25) is 9.59 Å². The first-order valence-electron chi connectivity index (χ1n) is 9.52. The highest BCUT2D eigenvalue weighted by atomic mass is 16.2. The SMILES string of the molecule is Cc1cccc(C(=O)NC(C)C(=O)NCc2ccc(N3CCCC3)cc2)c1. The van der Waals surface area contributed by atoms with Gasteiger partial charge in [-0.2, -0.15) is 0 Å². The van der Waals surface area contributed by atoms with Crippen LogP contribution in [-0.4, -0.2) is 30.9 Å². The molecular weight excluding hydrogens is 338 g/mol. The molecule has 2 aromatic rings. The second-order valence-corrected chi connectivity index (χ2v) is 7.14. The predicted molar refractivity (Wildman–Crippen MR) is 108 cm³/mol. The first kappa shape index (κ1) is 19.0. The van der Waals surface area contributed by atoms with Gasteiger partial charge >= 0.3 is 0 Å². The highest BCUT2D eigenvalue weighted by Gasteiger charge is 2.16. The summed E-state index contributed by atoms with van der Waals surface area (Å²) in [5.74, 6) is -0.434. The number of nitrogens with zero attached hydrogens (tertiary/aromatic N) is 1. The van der Waals surface area contributed by atoms with Crippen molar-refractivity contribution in [3.05, 3.63) is 65.2 Å². The summed E-state index contributed by atoms with van der Waals surface area (Å²) < 4.78 is 0. The summed E-state index contributed by atoms with van der Waals surface area (Å²) in [7, 11) is 0. The molecule has 1 heterocycles. The van der Waals surface area contributed by atoms with Gasteiger partial charge in [0.1, 0.15) is 6.04 Å². The van der Waals surface area contributed by atoms with E-state index in [4.69, 9.17) is 0 Å². The van der Waals surface area contributed by atoms with Crippen LogP contribution in [0.3, 0.4) is 0 Å². The summed E-state index contributed by atoms with van der Waals surface area (Å²) in [4.78, 5) is 26.9. The zero-order valence-corrected chi connectivity index (χ0v) is 16.0. The van der Waals surface area contributed by atoms with E-state index in [9.17, 15) is 9.59 Å². The van der Waals surface area contributed by atoms with Crippen LogP contribution in [0.15, 0.2) is 48.5 Å². The standard InChI is InChI=1S/C22H27N3O2/c1-16-6-5-7-19(14-16)22(27)24-17(2)21(26)23-15-18-8-10-20(11-9-18)25-12-3-4-13-25/h5-11,14,17H,3-4,12-13,15H2,1-2H3,(H,23,26)(H,24,27). The molecule has 3 rings (SSSR count). The molecule has 0 aliphatic carbocycles. The second-order valence-electron chi connectivity index (χ2n) is 7.14. The number of carbonyl (C=O) groups excluding carboxylic acids is 2. The number of nitrogens with one attached hydrogen (secondary N) is 2. The Morgan fingerprint density at radius 2 is 1.78 bits per heavy atom. The molecule has 1 aliphatic rings. The molecule has 5 heteroatoms. The molecule has 1 fully saturated rings. The highest BCUT2D eigenvalue weighted by molar-refractivity contribution is 5.97. The zero-order valence-electron chi connectivity index (χ0n) is 16.0. The number of carbonyl (C=O) groups is 2. The number of anilines is 1. The lowest BCUT2D eigenvalue weighted by Crippen LogP contribution is -2.44. The lowest BCUT2D eigenvalue weighted by molar-refractivity contribution is -0.122. The van der Waals surface area contributed by atoms with Crippen molar-refractivity contribution in [1.82, 2.24) is 10.6 Å². The van der Waals surface area contributed by atoms with Crippen LogP contribution in [0.5, 0.6) is 0 Å². The molecule has 2 aromatic carbocycles. The molecule has 142 valence electrons. The average Bonchev–Trinajstić information content (AvgIpc) is 3.21. The van der Waals surface area contributed by atoms with E-state index < -0.39 is 6.04 Å². The average molecular weight is 365 g/mol. The fraction of sp³-hybridized carbons (Fsp3) is 0.364. The highest BCUT2D eigenvalue weighted by Crippen LogP contribution is 2.20. The Labute approximate surface area is 160 Å². The first-order chi connectivity index (χ1) is 13.0. The van der Waals surface area contributed by atoms with Crippen molar-refractivity contribution in [1.29, 1.82) is 0 Å². The third kappa shape index (κ3) is 5.09. The Balaban J connectivity index is 1.48. The Morgan fingerprint density at radius 1 is 1.07 bits per heavy atom. The van der Waals surface area contributed by atoms with E-state index in [0.29, 0.717) is 12.1 Å². The molecule has 1 saturated heterocycles.